The summed E-state index contributed by atoms with van der Waals surface area (Å²) in [6.07, 6.45) is 0. The average Bonchev–Trinajstić information content (AvgIpc) is 2.55. The van der Waals surface area contributed by atoms with Crippen LogP contribution in [0.4, 0.5) is 0 Å². The second-order valence-corrected chi connectivity index (χ2v) is 4.93. The summed E-state index contributed by atoms with van der Waals surface area (Å²) >= 11 is 0. The van der Waals surface area contributed by atoms with E-state index in [1.807, 2.05) is 0 Å². The Hall–Kier alpha value is -1.79. The quantitative estimate of drug-likeness (QED) is 0.732. The van der Waals surface area contributed by atoms with Crippen molar-refractivity contribution in [2.24, 2.45) is 0 Å². The maximum absolute atomic E-state index is 12.2. The van der Waals surface area contributed by atoms with Crippen LogP contribution in [0.3, 0.4) is 0 Å². The van der Waals surface area contributed by atoms with Crippen molar-refractivity contribution in [2.75, 3.05) is 53.6 Å². The minimum Gasteiger partial charge on any atom is -0.497 e. The highest BCUT2D eigenvalue weighted by Crippen LogP contribution is 2.24. The second-order valence-electron chi connectivity index (χ2n) is 4.93. The Morgan fingerprint density at radius 2 is 2.05 bits per heavy atom. The number of hydrogen-bond donors (Lipinski definition) is 2. The highest BCUT2D eigenvalue weighted by Gasteiger charge is 2.16. The lowest BCUT2D eigenvalue weighted by Gasteiger charge is -2.23. The minimum absolute atomic E-state index is 0.123. The van der Waals surface area contributed by atoms with Gasteiger partial charge in [-0.2, -0.15) is 0 Å². The summed E-state index contributed by atoms with van der Waals surface area (Å²) < 4.78 is 15.7. The van der Waals surface area contributed by atoms with Crippen LogP contribution in [0, 0.1) is 0 Å². The molecule has 0 radical (unpaired) electrons. The number of quaternary nitrogens is 1. The van der Waals surface area contributed by atoms with E-state index in [0.29, 0.717) is 23.6 Å². The Balaban J connectivity index is 1.87. The molecule has 0 spiro atoms. The van der Waals surface area contributed by atoms with Gasteiger partial charge < -0.3 is 24.4 Å². The number of benzene rings is 1. The third-order valence-corrected chi connectivity index (χ3v) is 3.62. The van der Waals surface area contributed by atoms with E-state index in [9.17, 15) is 4.79 Å². The SMILES string of the molecule is COc1ccc(C(=O)NCC[NH+]2CCOCC2)c(OC)c1. The number of morpholine rings is 1. The van der Waals surface area contributed by atoms with Crippen molar-refractivity contribution >= 4 is 5.91 Å². The fraction of sp³-hybridized carbons (Fsp3) is 0.533. The summed E-state index contributed by atoms with van der Waals surface area (Å²) in [5.74, 6) is 1.06. The molecule has 0 saturated carbocycles. The first-order chi connectivity index (χ1) is 10.2. The monoisotopic (exact) mass is 295 g/mol. The lowest BCUT2D eigenvalue weighted by atomic mass is 10.1. The first-order valence-corrected chi connectivity index (χ1v) is 7.16. The molecule has 0 aromatic heterocycles. The molecule has 2 N–H and O–H groups in total. The highest BCUT2D eigenvalue weighted by atomic mass is 16.5. The number of carbonyl (C=O) groups excluding carboxylic acids is 1. The van der Waals surface area contributed by atoms with Gasteiger partial charge in [0.25, 0.3) is 5.91 Å². The van der Waals surface area contributed by atoms with Crippen molar-refractivity contribution < 1.29 is 23.9 Å². The van der Waals surface area contributed by atoms with Crippen molar-refractivity contribution in [3.8, 4) is 11.5 Å². The molecule has 1 aromatic carbocycles. The molecule has 1 aliphatic heterocycles. The third-order valence-electron chi connectivity index (χ3n) is 3.62. The summed E-state index contributed by atoms with van der Waals surface area (Å²) in [7, 11) is 3.13. The maximum atomic E-state index is 12.2. The van der Waals surface area contributed by atoms with E-state index in [1.54, 1.807) is 32.4 Å². The van der Waals surface area contributed by atoms with E-state index in [-0.39, 0.29) is 5.91 Å². The number of amides is 1. The van der Waals surface area contributed by atoms with Crippen molar-refractivity contribution in [3.63, 3.8) is 0 Å². The molecule has 0 unspecified atom stereocenters. The zero-order valence-corrected chi connectivity index (χ0v) is 12.6. The van der Waals surface area contributed by atoms with Crippen molar-refractivity contribution in [2.45, 2.75) is 0 Å². The molecule has 1 amide bonds. The molecular formula is C15H23N2O4+. The molecule has 2 rings (SSSR count). The maximum Gasteiger partial charge on any atom is 0.255 e. The summed E-state index contributed by atoms with van der Waals surface area (Å²) in [5, 5.41) is 2.94. The van der Waals surface area contributed by atoms with E-state index in [1.165, 1.54) is 4.90 Å². The average molecular weight is 295 g/mol. The molecule has 1 heterocycles. The number of carbonyl (C=O) groups is 1. The summed E-state index contributed by atoms with van der Waals surface area (Å²) in [6.45, 7) is 5.16. The molecule has 1 aliphatic rings. The summed E-state index contributed by atoms with van der Waals surface area (Å²) in [5.41, 5.74) is 0.523. The first-order valence-electron chi connectivity index (χ1n) is 7.16. The van der Waals surface area contributed by atoms with Crippen LogP contribution in [0.15, 0.2) is 18.2 Å². The van der Waals surface area contributed by atoms with Crippen LogP contribution in [0.5, 0.6) is 11.5 Å². The molecule has 0 atom stereocenters. The molecule has 6 nitrogen and oxygen atoms in total. The summed E-state index contributed by atoms with van der Waals surface area (Å²) in [4.78, 5) is 13.7. The Bertz CT molecular complexity index is 473. The van der Waals surface area contributed by atoms with E-state index in [2.05, 4.69) is 5.32 Å². The minimum atomic E-state index is -0.123. The van der Waals surface area contributed by atoms with E-state index >= 15 is 0 Å². The van der Waals surface area contributed by atoms with Gasteiger partial charge in [0.2, 0.25) is 0 Å². The van der Waals surface area contributed by atoms with E-state index in [0.717, 1.165) is 32.8 Å². The number of rotatable bonds is 6. The van der Waals surface area contributed by atoms with Crippen LogP contribution in [0.25, 0.3) is 0 Å². The third kappa shape index (κ3) is 4.34. The number of nitrogens with one attached hydrogen (secondary N) is 2. The van der Waals surface area contributed by atoms with Gasteiger partial charge in [0.15, 0.2) is 0 Å². The Kier molecular flexibility index (Phi) is 5.83. The molecule has 21 heavy (non-hydrogen) atoms. The van der Waals surface area contributed by atoms with Crippen LogP contribution in [-0.4, -0.2) is 59.5 Å². The van der Waals surface area contributed by atoms with Gasteiger partial charge in [-0.15, -0.1) is 0 Å². The Labute approximate surface area is 125 Å². The van der Waals surface area contributed by atoms with Gasteiger partial charge >= 0.3 is 0 Å². The number of ether oxygens (including phenoxy) is 3. The van der Waals surface area contributed by atoms with Gasteiger partial charge in [0.05, 0.1) is 46.1 Å². The molecule has 1 fully saturated rings. The van der Waals surface area contributed by atoms with E-state index in [4.69, 9.17) is 14.2 Å². The van der Waals surface area contributed by atoms with Gasteiger partial charge in [-0.3, -0.25) is 4.79 Å². The van der Waals surface area contributed by atoms with Gasteiger partial charge in [-0.1, -0.05) is 0 Å². The predicted molar refractivity (Wildman–Crippen MR) is 78.3 cm³/mol. The highest BCUT2D eigenvalue weighted by molar-refractivity contribution is 5.97. The van der Waals surface area contributed by atoms with Crippen molar-refractivity contribution in [1.29, 1.82) is 0 Å². The Morgan fingerprint density at radius 1 is 1.29 bits per heavy atom. The zero-order chi connectivity index (χ0) is 15.1. The molecule has 1 aromatic rings. The molecule has 0 aliphatic carbocycles. The molecular weight excluding hydrogens is 272 g/mol. The number of methoxy groups -OCH3 is 2. The fourth-order valence-electron chi connectivity index (χ4n) is 2.34. The van der Waals surface area contributed by atoms with Crippen molar-refractivity contribution in [1.82, 2.24) is 5.32 Å². The van der Waals surface area contributed by atoms with Crippen LogP contribution in [-0.2, 0) is 4.74 Å². The predicted octanol–water partition coefficient (Wildman–Crippen LogP) is -0.651. The van der Waals surface area contributed by atoms with Gasteiger partial charge in [-0.25, -0.2) is 0 Å². The van der Waals surface area contributed by atoms with Gasteiger partial charge in [0.1, 0.15) is 24.6 Å². The normalized spacial score (nSPS) is 15.5. The van der Waals surface area contributed by atoms with Crippen LogP contribution in [0.2, 0.25) is 0 Å². The second kappa shape index (κ2) is 7.85. The van der Waals surface area contributed by atoms with Gasteiger partial charge in [0, 0.05) is 6.07 Å². The lowest BCUT2D eigenvalue weighted by Crippen LogP contribution is -3.14. The Morgan fingerprint density at radius 3 is 2.71 bits per heavy atom. The standard InChI is InChI=1S/C15H22N2O4/c1-19-12-3-4-13(14(11-12)20-2)15(18)16-5-6-17-7-9-21-10-8-17/h3-4,11H,5-10H2,1-2H3,(H,16,18)/p+1. The largest absolute Gasteiger partial charge is 0.497 e. The number of hydrogen-bond acceptors (Lipinski definition) is 4. The van der Waals surface area contributed by atoms with Gasteiger partial charge in [-0.05, 0) is 12.1 Å². The zero-order valence-electron chi connectivity index (χ0n) is 12.6. The summed E-state index contributed by atoms with van der Waals surface area (Å²) in [6, 6.07) is 5.18. The van der Waals surface area contributed by atoms with Crippen LogP contribution < -0.4 is 19.7 Å². The van der Waals surface area contributed by atoms with Crippen LogP contribution >= 0.6 is 0 Å². The van der Waals surface area contributed by atoms with Crippen LogP contribution in [0.1, 0.15) is 10.4 Å². The van der Waals surface area contributed by atoms with Crippen molar-refractivity contribution in [3.05, 3.63) is 23.8 Å². The topological polar surface area (TPSA) is 61.2 Å². The lowest BCUT2D eigenvalue weighted by molar-refractivity contribution is -0.906. The fourth-order valence-corrected chi connectivity index (χ4v) is 2.34. The first kappa shape index (κ1) is 15.6. The molecule has 116 valence electrons. The molecule has 1 saturated heterocycles. The smallest absolute Gasteiger partial charge is 0.255 e. The molecule has 0 bridgehead atoms. The van der Waals surface area contributed by atoms with E-state index < -0.39 is 0 Å². The molecule has 6 heteroatoms.